The molecule has 100 valence electrons. The highest BCUT2D eigenvalue weighted by Crippen LogP contribution is 2.33. The molecule has 0 aliphatic carbocycles. The molecule has 0 atom stereocenters. The maximum absolute atomic E-state index is 6.20. The van der Waals surface area contributed by atoms with Gasteiger partial charge in [0, 0.05) is 5.39 Å². The lowest BCUT2D eigenvalue weighted by Crippen LogP contribution is -1.93. The molecule has 0 saturated heterocycles. The number of ether oxygens (including phenoxy) is 1. The molecule has 3 nitrogen and oxygen atoms in total. The molecule has 3 aromatic rings. The molecule has 1 heterocycles. The van der Waals surface area contributed by atoms with Crippen LogP contribution in [0.15, 0.2) is 48.5 Å². The fourth-order valence-corrected chi connectivity index (χ4v) is 2.46. The maximum Gasteiger partial charge on any atom is 0.124 e. The molecule has 4 heteroatoms. The molecule has 2 N–H and O–H groups in total. The summed E-state index contributed by atoms with van der Waals surface area (Å²) >= 11 is 6.20. The number of rotatable bonds is 2. The number of nitrogen functional groups attached to an aromatic ring is 1. The molecule has 20 heavy (non-hydrogen) atoms. The monoisotopic (exact) mass is 284 g/mol. The number of nitrogens with zero attached hydrogens (tertiary/aromatic N) is 1. The Kier molecular flexibility index (Phi) is 3.20. The second-order valence-electron chi connectivity index (χ2n) is 4.46. The molecule has 0 fully saturated rings. The van der Waals surface area contributed by atoms with Gasteiger partial charge in [0.05, 0.1) is 17.6 Å². The summed E-state index contributed by atoms with van der Waals surface area (Å²) in [7, 11) is 1.65. The third-order valence-corrected chi connectivity index (χ3v) is 3.52. The van der Waals surface area contributed by atoms with E-state index in [0.717, 1.165) is 27.8 Å². The Morgan fingerprint density at radius 1 is 1.10 bits per heavy atom. The van der Waals surface area contributed by atoms with Crippen LogP contribution in [0.5, 0.6) is 5.75 Å². The Morgan fingerprint density at radius 3 is 2.55 bits per heavy atom. The lowest BCUT2D eigenvalue weighted by molar-refractivity contribution is 0.415. The zero-order valence-corrected chi connectivity index (χ0v) is 11.7. The fourth-order valence-electron chi connectivity index (χ4n) is 2.24. The Morgan fingerprint density at radius 2 is 1.85 bits per heavy atom. The van der Waals surface area contributed by atoms with E-state index in [1.54, 1.807) is 7.11 Å². The van der Waals surface area contributed by atoms with Gasteiger partial charge in [0.15, 0.2) is 0 Å². The van der Waals surface area contributed by atoms with Gasteiger partial charge in [-0.1, -0.05) is 35.9 Å². The van der Waals surface area contributed by atoms with Crippen molar-refractivity contribution in [3.63, 3.8) is 0 Å². The van der Waals surface area contributed by atoms with Crippen LogP contribution in [0.2, 0.25) is 5.02 Å². The summed E-state index contributed by atoms with van der Waals surface area (Å²) in [5, 5.41) is 1.58. The first-order valence-corrected chi connectivity index (χ1v) is 6.56. The number of aromatic nitrogens is 1. The highest BCUT2D eigenvalue weighted by atomic mass is 35.5. The van der Waals surface area contributed by atoms with E-state index in [9.17, 15) is 0 Å². The van der Waals surface area contributed by atoms with Gasteiger partial charge in [0.25, 0.3) is 0 Å². The van der Waals surface area contributed by atoms with Crippen LogP contribution in [0.25, 0.3) is 22.0 Å². The van der Waals surface area contributed by atoms with E-state index < -0.39 is 0 Å². The van der Waals surface area contributed by atoms with Gasteiger partial charge < -0.3 is 10.5 Å². The van der Waals surface area contributed by atoms with Crippen molar-refractivity contribution in [1.82, 2.24) is 4.98 Å². The van der Waals surface area contributed by atoms with E-state index >= 15 is 0 Å². The largest absolute Gasteiger partial charge is 0.497 e. The molecule has 0 amide bonds. The number of methoxy groups -OCH3 is 1. The maximum atomic E-state index is 6.20. The van der Waals surface area contributed by atoms with Crippen molar-refractivity contribution in [2.24, 2.45) is 0 Å². The van der Waals surface area contributed by atoms with E-state index in [2.05, 4.69) is 4.98 Å². The third kappa shape index (κ3) is 2.17. The summed E-state index contributed by atoms with van der Waals surface area (Å²) in [5.74, 6) is 1.27. The SMILES string of the molecule is COc1ccc(-c2cc(N)nc3c(Cl)cccc23)cc1. The molecular formula is C16H13ClN2O. The number of anilines is 1. The number of hydrogen-bond donors (Lipinski definition) is 1. The lowest BCUT2D eigenvalue weighted by Gasteiger charge is -2.09. The predicted octanol–water partition coefficient (Wildman–Crippen LogP) is 4.15. The highest BCUT2D eigenvalue weighted by molar-refractivity contribution is 6.35. The van der Waals surface area contributed by atoms with Crippen LogP contribution in [-0.4, -0.2) is 12.1 Å². The first-order valence-electron chi connectivity index (χ1n) is 6.18. The zero-order valence-electron chi connectivity index (χ0n) is 10.9. The Hall–Kier alpha value is -2.26. The molecular weight excluding hydrogens is 272 g/mol. The average molecular weight is 285 g/mol. The smallest absolute Gasteiger partial charge is 0.124 e. The van der Waals surface area contributed by atoms with Crippen LogP contribution in [0.3, 0.4) is 0 Å². The van der Waals surface area contributed by atoms with Crippen LogP contribution in [0, 0.1) is 0 Å². The Labute approximate surface area is 122 Å². The molecule has 0 bridgehead atoms. The van der Waals surface area contributed by atoms with Gasteiger partial charge in [-0.3, -0.25) is 0 Å². The van der Waals surface area contributed by atoms with Gasteiger partial charge >= 0.3 is 0 Å². The minimum Gasteiger partial charge on any atom is -0.497 e. The quantitative estimate of drug-likeness (QED) is 0.769. The van der Waals surface area contributed by atoms with Crippen molar-refractivity contribution in [1.29, 1.82) is 0 Å². The number of nitrogens with two attached hydrogens (primary N) is 1. The van der Waals surface area contributed by atoms with Crippen LogP contribution in [0.4, 0.5) is 5.82 Å². The first kappa shape index (κ1) is 12.8. The van der Waals surface area contributed by atoms with Crippen molar-refractivity contribution in [3.8, 4) is 16.9 Å². The number of hydrogen-bond acceptors (Lipinski definition) is 3. The van der Waals surface area contributed by atoms with Gasteiger partial charge in [-0.2, -0.15) is 0 Å². The number of halogens is 1. The first-order chi connectivity index (χ1) is 9.69. The molecule has 0 aliphatic heterocycles. The van der Waals surface area contributed by atoms with Crippen molar-refractivity contribution in [2.75, 3.05) is 12.8 Å². The van der Waals surface area contributed by atoms with Gasteiger partial charge in [0.1, 0.15) is 11.6 Å². The third-order valence-electron chi connectivity index (χ3n) is 3.21. The summed E-state index contributed by atoms with van der Waals surface area (Å²) in [6, 6.07) is 15.4. The number of para-hydroxylation sites is 1. The van der Waals surface area contributed by atoms with Crippen LogP contribution in [-0.2, 0) is 0 Å². The summed E-state index contributed by atoms with van der Waals surface area (Å²) in [5.41, 5.74) is 8.67. The van der Waals surface area contributed by atoms with E-state index in [0.29, 0.717) is 10.8 Å². The van der Waals surface area contributed by atoms with Crippen molar-refractivity contribution < 1.29 is 4.74 Å². The Balaban J connectivity index is 2.26. The molecule has 0 aliphatic rings. The molecule has 2 aromatic carbocycles. The topological polar surface area (TPSA) is 48.1 Å². The average Bonchev–Trinajstić information content (AvgIpc) is 2.48. The number of pyridine rings is 1. The van der Waals surface area contributed by atoms with Gasteiger partial charge in [-0.15, -0.1) is 0 Å². The van der Waals surface area contributed by atoms with Gasteiger partial charge in [-0.05, 0) is 35.4 Å². The second kappa shape index (κ2) is 5.02. The number of benzene rings is 2. The van der Waals surface area contributed by atoms with E-state index in [4.69, 9.17) is 22.1 Å². The summed E-state index contributed by atoms with van der Waals surface area (Å²) in [6.45, 7) is 0. The molecule has 1 aromatic heterocycles. The van der Waals surface area contributed by atoms with Crippen LogP contribution < -0.4 is 10.5 Å². The molecule has 3 rings (SSSR count). The van der Waals surface area contributed by atoms with Crippen molar-refractivity contribution >= 4 is 28.3 Å². The standard InChI is InChI=1S/C16H13ClN2O/c1-20-11-7-5-10(6-8-11)13-9-15(18)19-16-12(13)3-2-4-14(16)17/h2-9H,1H3,(H2,18,19). The van der Waals surface area contributed by atoms with Crippen LogP contribution in [0.1, 0.15) is 0 Å². The summed E-state index contributed by atoms with van der Waals surface area (Å²) in [4.78, 5) is 4.32. The Bertz CT molecular complexity index is 769. The van der Waals surface area contributed by atoms with E-state index in [1.165, 1.54) is 0 Å². The van der Waals surface area contributed by atoms with E-state index in [-0.39, 0.29) is 0 Å². The summed E-state index contributed by atoms with van der Waals surface area (Å²) in [6.07, 6.45) is 0. The second-order valence-corrected chi connectivity index (χ2v) is 4.87. The van der Waals surface area contributed by atoms with Crippen molar-refractivity contribution in [3.05, 3.63) is 53.6 Å². The van der Waals surface area contributed by atoms with Gasteiger partial charge in [-0.25, -0.2) is 4.98 Å². The normalized spacial score (nSPS) is 10.7. The predicted molar refractivity (Wildman–Crippen MR) is 83.2 cm³/mol. The minimum absolute atomic E-state index is 0.455. The molecule has 0 radical (unpaired) electrons. The molecule has 0 saturated carbocycles. The zero-order chi connectivity index (χ0) is 14.1. The molecule has 0 spiro atoms. The lowest BCUT2D eigenvalue weighted by atomic mass is 10.0. The van der Waals surface area contributed by atoms with Crippen LogP contribution >= 0.6 is 11.6 Å². The fraction of sp³-hybridized carbons (Fsp3) is 0.0625. The number of fused-ring (bicyclic) bond motifs is 1. The summed E-state index contributed by atoms with van der Waals surface area (Å²) < 4.78 is 5.18. The van der Waals surface area contributed by atoms with Gasteiger partial charge in [0.2, 0.25) is 0 Å². The molecule has 0 unspecified atom stereocenters. The highest BCUT2D eigenvalue weighted by Gasteiger charge is 2.09. The minimum atomic E-state index is 0.455. The van der Waals surface area contributed by atoms with E-state index in [1.807, 2.05) is 48.5 Å². The van der Waals surface area contributed by atoms with Crippen molar-refractivity contribution in [2.45, 2.75) is 0 Å².